The van der Waals surface area contributed by atoms with Crippen LogP contribution in [0.4, 0.5) is 10.5 Å². The Bertz CT molecular complexity index is 651. The van der Waals surface area contributed by atoms with E-state index in [-0.39, 0.29) is 6.03 Å². The Kier molecular flexibility index (Phi) is 4.98. The van der Waals surface area contributed by atoms with Crippen LogP contribution in [0, 0.1) is 0 Å². The molecule has 2 aromatic carbocycles. The summed E-state index contributed by atoms with van der Waals surface area (Å²) in [5.41, 5.74) is 7.08. The van der Waals surface area contributed by atoms with E-state index in [4.69, 9.17) is 10.5 Å². The number of benzene rings is 2. The summed E-state index contributed by atoms with van der Waals surface area (Å²) >= 11 is 0. The van der Waals surface area contributed by atoms with Crippen LogP contribution in [-0.2, 0) is 6.54 Å². The molecular formula is C16H17N3O3. The van der Waals surface area contributed by atoms with Gasteiger partial charge >= 0.3 is 6.03 Å². The van der Waals surface area contributed by atoms with Crippen LogP contribution in [0.15, 0.2) is 48.5 Å². The predicted octanol–water partition coefficient (Wildman–Crippen LogP) is 2.12. The molecule has 0 atom stereocenters. The molecule has 6 nitrogen and oxygen atoms in total. The summed E-state index contributed by atoms with van der Waals surface area (Å²) in [7, 11) is 1.60. The number of nitrogens with two attached hydrogens (primary N) is 1. The van der Waals surface area contributed by atoms with E-state index in [1.54, 1.807) is 31.4 Å². The maximum atomic E-state index is 11.8. The van der Waals surface area contributed by atoms with Gasteiger partial charge in [-0.15, -0.1) is 0 Å². The number of hydrogen-bond donors (Lipinski definition) is 3. The van der Waals surface area contributed by atoms with Crippen molar-refractivity contribution in [2.45, 2.75) is 6.54 Å². The van der Waals surface area contributed by atoms with Gasteiger partial charge in [-0.2, -0.15) is 0 Å². The molecule has 0 heterocycles. The average molecular weight is 299 g/mol. The first-order valence-electron chi connectivity index (χ1n) is 6.66. The summed E-state index contributed by atoms with van der Waals surface area (Å²) in [4.78, 5) is 22.7. The zero-order valence-electron chi connectivity index (χ0n) is 12.1. The second-order valence-electron chi connectivity index (χ2n) is 4.60. The lowest BCUT2D eigenvalue weighted by molar-refractivity contribution is 0.100. The maximum absolute atomic E-state index is 11.8. The number of anilines is 1. The highest BCUT2D eigenvalue weighted by atomic mass is 16.5. The van der Waals surface area contributed by atoms with Gasteiger partial charge in [0.1, 0.15) is 5.75 Å². The lowest BCUT2D eigenvalue weighted by Gasteiger charge is -2.08. The number of ether oxygens (including phenoxy) is 1. The van der Waals surface area contributed by atoms with Crippen molar-refractivity contribution in [3.05, 3.63) is 59.7 Å². The standard InChI is InChI=1S/C16H17N3O3/c1-22-14-8-2-11(3-9-14)10-18-16(21)19-13-6-4-12(5-7-13)15(17)20/h2-9H,10H2,1H3,(H2,17,20)(H2,18,19,21). The Morgan fingerprint density at radius 1 is 1.05 bits per heavy atom. The first-order chi connectivity index (χ1) is 10.6. The summed E-state index contributed by atoms with van der Waals surface area (Å²) in [6.45, 7) is 0.398. The van der Waals surface area contributed by atoms with Gasteiger partial charge in [0.05, 0.1) is 7.11 Å². The highest BCUT2D eigenvalue weighted by molar-refractivity contribution is 5.94. The Hall–Kier alpha value is -3.02. The number of primary amides is 1. The molecule has 0 saturated carbocycles. The van der Waals surface area contributed by atoms with Crippen molar-refractivity contribution >= 4 is 17.6 Å². The monoisotopic (exact) mass is 299 g/mol. The predicted molar refractivity (Wildman–Crippen MR) is 83.8 cm³/mol. The van der Waals surface area contributed by atoms with Gasteiger partial charge in [-0.25, -0.2) is 4.79 Å². The van der Waals surface area contributed by atoms with E-state index >= 15 is 0 Å². The quantitative estimate of drug-likeness (QED) is 0.789. The van der Waals surface area contributed by atoms with Crippen LogP contribution in [0.3, 0.4) is 0 Å². The maximum Gasteiger partial charge on any atom is 0.319 e. The Morgan fingerprint density at radius 2 is 1.68 bits per heavy atom. The second kappa shape index (κ2) is 7.12. The van der Waals surface area contributed by atoms with Crippen molar-refractivity contribution < 1.29 is 14.3 Å². The molecule has 0 aliphatic carbocycles. The fraction of sp³-hybridized carbons (Fsp3) is 0.125. The Labute approximate surface area is 128 Å². The molecule has 0 bridgehead atoms. The molecule has 0 aliphatic rings. The lowest BCUT2D eigenvalue weighted by atomic mass is 10.2. The van der Waals surface area contributed by atoms with E-state index in [0.29, 0.717) is 17.8 Å². The molecule has 0 unspecified atom stereocenters. The van der Waals surface area contributed by atoms with E-state index in [1.165, 1.54) is 0 Å². The summed E-state index contributed by atoms with van der Waals surface area (Å²) in [5, 5.41) is 5.41. The molecule has 114 valence electrons. The molecule has 0 spiro atoms. The number of nitrogens with one attached hydrogen (secondary N) is 2. The molecule has 2 rings (SSSR count). The summed E-state index contributed by atoms with van der Waals surface area (Å²) in [6.07, 6.45) is 0. The fourth-order valence-electron chi connectivity index (χ4n) is 1.82. The first-order valence-corrected chi connectivity index (χ1v) is 6.66. The molecule has 0 radical (unpaired) electrons. The first kappa shape index (κ1) is 15.4. The van der Waals surface area contributed by atoms with Gasteiger partial charge in [0.25, 0.3) is 0 Å². The van der Waals surface area contributed by atoms with Crippen LogP contribution in [0.2, 0.25) is 0 Å². The molecule has 0 aromatic heterocycles. The third-order valence-corrected chi connectivity index (χ3v) is 3.04. The van der Waals surface area contributed by atoms with Crippen LogP contribution in [-0.4, -0.2) is 19.0 Å². The molecule has 0 saturated heterocycles. The van der Waals surface area contributed by atoms with Crippen molar-refractivity contribution in [3.63, 3.8) is 0 Å². The van der Waals surface area contributed by atoms with E-state index in [0.717, 1.165) is 11.3 Å². The minimum atomic E-state index is -0.504. The van der Waals surface area contributed by atoms with Gasteiger partial charge in [0, 0.05) is 17.8 Å². The number of carbonyl (C=O) groups excluding carboxylic acids is 2. The van der Waals surface area contributed by atoms with Gasteiger partial charge in [0.15, 0.2) is 0 Å². The molecule has 22 heavy (non-hydrogen) atoms. The minimum Gasteiger partial charge on any atom is -0.497 e. The van der Waals surface area contributed by atoms with E-state index in [9.17, 15) is 9.59 Å². The van der Waals surface area contributed by atoms with Crippen LogP contribution in [0.1, 0.15) is 15.9 Å². The largest absolute Gasteiger partial charge is 0.497 e. The van der Waals surface area contributed by atoms with Gasteiger partial charge in [-0.1, -0.05) is 12.1 Å². The Morgan fingerprint density at radius 3 is 2.23 bits per heavy atom. The Balaban J connectivity index is 1.85. The zero-order chi connectivity index (χ0) is 15.9. The fourth-order valence-corrected chi connectivity index (χ4v) is 1.82. The highest BCUT2D eigenvalue weighted by Gasteiger charge is 2.04. The number of amides is 3. The molecular weight excluding hydrogens is 282 g/mol. The third kappa shape index (κ3) is 4.24. The van der Waals surface area contributed by atoms with Gasteiger partial charge in [-0.05, 0) is 42.0 Å². The van der Waals surface area contributed by atoms with Crippen molar-refractivity contribution in [1.29, 1.82) is 0 Å². The van der Waals surface area contributed by atoms with Crippen LogP contribution in [0.5, 0.6) is 5.75 Å². The average Bonchev–Trinajstić information content (AvgIpc) is 2.54. The topological polar surface area (TPSA) is 93.4 Å². The van der Waals surface area contributed by atoms with E-state index < -0.39 is 5.91 Å². The number of carbonyl (C=O) groups is 2. The smallest absolute Gasteiger partial charge is 0.319 e. The number of urea groups is 1. The molecule has 0 aliphatic heterocycles. The van der Waals surface area contributed by atoms with Crippen molar-refractivity contribution in [3.8, 4) is 5.75 Å². The van der Waals surface area contributed by atoms with Crippen LogP contribution in [0.25, 0.3) is 0 Å². The van der Waals surface area contributed by atoms with Gasteiger partial charge < -0.3 is 21.1 Å². The summed E-state index contributed by atoms with van der Waals surface area (Å²) in [5.74, 6) is 0.262. The van der Waals surface area contributed by atoms with Crippen LogP contribution < -0.4 is 21.1 Å². The number of hydrogen-bond acceptors (Lipinski definition) is 3. The zero-order valence-corrected chi connectivity index (χ0v) is 12.1. The van der Waals surface area contributed by atoms with E-state index in [2.05, 4.69) is 10.6 Å². The van der Waals surface area contributed by atoms with Crippen LogP contribution >= 0.6 is 0 Å². The van der Waals surface area contributed by atoms with Crippen molar-refractivity contribution in [1.82, 2.24) is 5.32 Å². The molecule has 3 amide bonds. The van der Waals surface area contributed by atoms with E-state index in [1.807, 2.05) is 24.3 Å². The molecule has 0 fully saturated rings. The summed E-state index contributed by atoms with van der Waals surface area (Å²) < 4.78 is 5.07. The molecule has 2 aromatic rings. The van der Waals surface area contributed by atoms with Crippen molar-refractivity contribution in [2.24, 2.45) is 5.73 Å². The highest BCUT2D eigenvalue weighted by Crippen LogP contribution is 2.11. The minimum absolute atomic E-state index is 0.331. The van der Waals surface area contributed by atoms with Crippen molar-refractivity contribution in [2.75, 3.05) is 12.4 Å². The molecule has 6 heteroatoms. The summed E-state index contributed by atoms with van der Waals surface area (Å²) in [6, 6.07) is 13.4. The third-order valence-electron chi connectivity index (χ3n) is 3.04. The number of methoxy groups -OCH3 is 1. The SMILES string of the molecule is COc1ccc(CNC(=O)Nc2ccc(C(N)=O)cc2)cc1. The van der Waals surface area contributed by atoms with Gasteiger partial charge in [-0.3, -0.25) is 4.79 Å². The molecule has 4 N–H and O–H groups in total. The normalized spacial score (nSPS) is 9.86. The number of rotatable bonds is 5. The second-order valence-corrected chi connectivity index (χ2v) is 4.60. The lowest BCUT2D eigenvalue weighted by Crippen LogP contribution is -2.28. The van der Waals surface area contributed by atoms with Gasteiger partial charge in [0.2, 0.25) is 5.91 Å².